The Balaban J connectivity index is 1.87. The second-order valence-corrected chi connectivity index (χ2v) is 3.99. The molecule has 2 aromatic rings. The molecule has 1 heterocycles. The molecule has 0 saturated carbocycles. The molecule has 0 radical (unpaired) electrons. The lowest BCUT2D eigenvalue weighted by Crippen LogP contribution is -2.25. The minimum Gasteiger partial charge on any atom is -0.466 e. The van der Waals surface area contributed by atoms with Crippen LogP contribution in [-0.4, -0.2) is 28.9 Å². The van der Waals surface area contributed by atoms with Crippen molar-refractivity contribution in [1.82, 2.24) is 0 Å². The van der Waals surface area contributed by atoms with Crippen molar-refractivity contribution in [2.24, 2.45) is 0 Å². The summed E-state index contributed by atoms with van der Waals surface area (Å²) in [5.74, 6) is -0.324. The van der Waals surface area contributed by atoms with Crippen molar-refractivity contribution in [3.63, 3.8) is 0 Å². The summed E-state index contributed by atoms with van der Waals surface area (Å²) >= 11 is 0. The smallest absolute Gasteiger partial charge is 0.338 e. The summed E-state index contributed by atoms with van der Waals surface area (Å²) < 4.78 is 9.88. The van der Waals surface area contributed by atoms with E-state index >= 15 is 0 Å². The Morgan fingerprint density at radius 3 is 2.53 bits per heavy atom. The lowest BCUT2D eigenvalue weighted by molar-refractivity contribution is -0.0360. The highest BCUT2D eigenvalue weighted by Crippen LogP contribution is 2.17. The van der Waals surface area contributed by atoms with Crippen LogP contribution in [0.25, 0.3) is 0 Å². The molecule has 0 unspecified atom stereocenters. The number of hydrogen-bond donors (Lipinski definition) is 2. The van der Waals surface area contributed by atoms with E-state index in [0.29, 0.717) is 5.56 Å². The molecule has 2 atom stereocenters. The van der Waals surface area contributed by atoms with Crippen LogP contribution in [0.4, 0.5) is 0 Å². The van der Waals surface area contributed by atoms with E-state index in [2.05, 4.69) is 0 Å². The van der Waals surface area contributed by atoms with E-state index < -0.39 is 18.2 Å². The topological polar surface area (TPSA) is 79.9 Å². The van der Waals surface area contributed by atoms with Crippen LogP contribution in [0.1, 0.15) is 22.2 Å². The first-order chi connectivity index (χ1) is 9.18. The van der Waals surface area contributed by atoms with E-state index in [4.69, 9.17) is 9.15 Å². The van der Waals surface area contributed by atoms with E-state index in [1.807, 2.05) is 0 Å². The molecule has 0 bridgehead atoms. The zero-order valence-electron chi connectivity index (χ0n) is 10.1. The minimum absolute atomic E-state index is 0.225. The molecule has 5 heteroatoms. The van der Waals surface area contributed by atoms with Gasteiger partial charge in [0, 0.05) is 0 Å². The van der Waals surface area contributed by atoms with Crippen molar-refractivity contribution in [2.75, 3.05) is 6.61 Å². The van der Waals surface area contributed by atoms with Gasteiger partial charge in [0.15, 0.2) is 0 Å². The Morgan fingerprint density at radius 2 is 1.89 bits per heavy atom. The van der Waals surface area contributed by atoms with Gasteiger partial charge in [-0.1, -0.05) is 18.2 Å². The zero-order valence-corrected chi connectivity index (χ0v) is 10.1. The Bertz CT molecular complexity index is 506. The number of carbonyl (C=O) groups is 1. The molecule has 0 amide bonds. The third-order valence-corrected chi connectivity index (χ3v) is 2.59. The highest BCUT2D eigenvalue weighted by atomic mass is 16.5. The summed E-state index contributed by atoms with van der Waals surface area (Å²) in [4.78, 5) is 11.6. The zero-order chi connectivity index (χ0) is 13.7. The largest absolute Gasteiger partial charge is 0.466 e. The standard InChI is InChI=1S/C14H14O5/c15-11(13(16)12-7-4-8-18-12)9-19-14(17)10-5-2-1-3-6-10/h1-8,11,13,15-16H,9H2/t11-,13+/m0/s1. The van der Waals surface area contributed by atoms with Crippen LogP contribution >= 0.6 is 0 Å². The number of rotatable bonds is 5. The summed E-state index contributed by atoms with van der Waals surface area (Å²) in [6.45, 7) is -0.310. The fourth-order valence-electron chi connectivity index (χ4n) is 1.56. The molecule has 5 nitrogen and oxygen atoms in total. The first kappa shape index (κ1) is 13.3. The molecule has 0 spiro atoms. The van der Waals surface area contributed by atoms with Gasteiger partial charge >= 0.3 is 5.97 Å². The lowest BCUT2D eigenvalue weighted by atomic mass is 10.1. The average Bonchev–Trinajstić information content (AvgIpc) is 2.98. The Labute approximate surface area is 110 Å². The van der Waals surface area contributed by atoms with Gasteiger partial charge in [0.1, 0.15) is 24.6 Å². The lowest BCUT2D eigenvalue weighted by Gasteiger charge is -2.15. The van der Waals surface area contributed by atoms with Crippen molar-refractivity contribution in [3.05, 3.63) is 60.1 Å². The summed E-state index contributed by atoms with van der Waals surface area (Å²) in [7, 11) is 0. The molecule has 0 aliphatic heterocycles. The summed E-state index contributed by atoms with van der Waals surface area (Å²) in [6.07, 6.45) is -1.07. The van der Waals surface area contributed by atoms with Crippen LogP contribution in [0.15, 0.2) is 53.1 Å². The number of hydrogen-bond acceptors (Lipinski definition) is 5. The van der Waals surface area contributed by atoms with E-state index in [-0.39, 0.29) is 12.4 Å². The number of carbonyl (C=O) groups excluding carboxylic acids is 1. The van der Waals surface area contributed by atoms with Gasteiger partial charge in [0.2, 0.25) is 0 Å². The second kappa shape index (κ2) is 6.17. The molecular formula is C14H14O5. The normalized spacial score (nSPS) is 13.8. The second-order valence-electron chi connectivity index (χ2n) is 3.99. The maximum atomic E-state index is 11.6. The monoisotopic (exact) mass is 262 g/mol. The van der Waals surface area contributed by atoms with Gasteiger partial charge in [-0.3, -0.25) is 0 Å². The quantitative estimate of drug-likeness (QED) is 0.799. The first-order valence-electron chi connectivity index (χ1n) is 5.80. The SMILES string of the molecule is O=C(OC[C@H](O)[C@@H](O)c1ccco1)c1ccccc1. The molecule has 0 aliphatic carbocycles. The number of esters is 1. The fourth-order valence-corrected chi connectivity index (χ4v) is 1.56. The van der Waals surface area contributed by atoms with Crippen LogP contribution in [0.3, 0.4) is 0 Å². The fraction of sp³-hybridized carbons (Fsp3) is 0.214. The van der Waals surface area contributed by atoms with Gasteiger partial charge in [-0.25, -0.2) is 4.79 Å². The molecular weight excluding hydrogens is 248 g/mol. The summed E-state index contributed by atoms with van der Waals surface area (Å²) in [5.41, 5.74) is 0.391. The maximum absolute atomic E-state index is 11.6. The summed E-state index contributed by atoms with van der Waals surface area (Å²) in [5, 5.41) is 19.4. The Hall–Kier alpha value is -2.11. The van der Waals surface area contributed by atoms with E-state index in [1.165, 1.54) is 12.3 Å². The predicted molar refractivity (Wildman–Crippen MR) is 66.4 cm³/mol. The van der Waals surface area contributed by atoms with Gasteiger partial charge in [-0.15, -0.1) is 0 Å². The first-order valence-corrected chi connectivity index (χ1v) is 5.80. The summed E-state index contributed by atoms with van der Waals surface area (Å²) in [6, 6.07) is 11.6. The Kier molecular flexibility index (Phi) is 4.33. The minimum atomic E-state index is -1.24. The molecule has 19 heavy (non-hydrogen) atoms. The predicted octanol–water partition coefficient (Wildman–Crippen LogP) is 1.53. The van der Waals surface area contributed by atoms with Gasteiger partial charge < -0.3 is 19.4 Å². The highest BCUT2D eigenvalue weighted by Gasteiger charge is 2.22. The van der Waals surface area contributed by atoms with Crippen LogP contribution in [0, 0.1) is 0 Å². The van der Waals surface area contributed by atoms with Crippen LogP contribution in [0.5, 0.6) is 0 Å². The van der Waals surface area contributed by atoms with Crippen LogP contribution in [0.2, 0.25) is 0 Å². The Morgan fingerprint density at radius 1 is 1.16 bits per heavy atom. The molecule has 2 rings (SSSR count). The van der Waals surface area contributed by atoms with Crippen LogP contribution in [-0.2, 0) is 4.74 Å². The van der Waals surface area contributed by atoms with Gasteiger partial charge in [0.25, 0.3) is 0 Å². The van der Waals surface area contributed by atoms with Gasteiger partial charge in [-0.2, -0.15) is 0 Å². The molecule has 1 aromatic carbocycles. The van der Waals surface area contributed by atoms with Crippen molar-refractivity contribution >= 4 is 5.97 Å². The van der Waals surface area contributed by atoms with Crippen molar-refractivity contribution in [1.29, 1.82) is 0 Å². The van der Waals surface area contributed by atoms with Crippen molar-refractivity contribution < 1.29 is 24.2 Å². The molecule has 100 valence electrons. The van der Waals surface area contributed by atoms with Crippen molar-refractivity contribution in [2.45, 2.75) is 12.2 Å². The highest BCUT2D eigenvalue weighted by molar-refractivity contribution is 5.89. The average molecular weight is 262 g/mol. The molecule has 0 saturated heterocycles. The number of aliphatic hydroxyl groups is 2. The molecule has 0 fully saturated rings. The van der Waals surface area contributed by atoms with Gasteiger partial charge in [0.05, 0.1) is 11.8 Å². The molecule has 2 N–H and O–H groups in total. The number of aliphatic hydroxyl groups excluding tert-OH is 2. The molecule has 0 aliphatic rings. The third-order valence-electron chi connectivity index (χ3n) is 2.59. The third kappa shape index (κ3) is 3.43. The van der Waals surface area contributed by atoms with Gasteiger partial charge in [-0.05, 0) is 24.3 Å². The number of furan rings is 1. The molecule has 1 aromatic heterocycles. The van der Waals surface area contributed by atoms with E-state index in [1.54, 1.807) is 36.4 Å². The maximum Gasteiger partial charge on any atom is 0.338 e. The van der Waals surface area contributed by atoms with E-state index in [0.717, 1.165) is 0 Å². The van der Waals surface area contributed by atoms with E-state index in [9.17, 15) is 15.0 Å². The van der Waals surface area contributed by atoms with Crippen molar-refractivity contribution in [3.8, 4) is 0 Å². The number of ether oxygens (including phenoxy) is 1. The number of benzene rings is 1. The van der Waals surface area contributed by atoms with Crippen LogP contribution < -0.4 is 0 Å².